The first-order valence-corrected chi connectivity index (χ1v) is 7.68. The largest absolute Gasteiger partial charge is 0.395 e. The van der Waals surface area contributed by atoms with Crippen molar-refractivity contribution in [1.29, 1.82) is 0 Å². The highest BCUT2D eigenvalue weighted by Gasteiger charge is 2.45. The minimum atomic E-state index is -0.0750. The molecule has 1 aliphatic carbocycles. The van der Waals surface area contributed by atoms with Crippen molar-refractivity contribution >= 4 is 0 Å². The molecule has 0 unspecified atom stereocenters. The molecule has 0 aromatic rings. The molecule has 0 radical (unpaired) electrons. The number of methoxy groups -OCH3 is 2. The van der Waals surface area contributed by atoms with Crippen LogP contribution in [0.3, 0.4) is 0 Å². The Hall–Kier alpha value is -0.160. The van der Waals surface area contributed by atoms with E-state index in [1.54, 1.807) is 14.2 Å². The fraction of sp³-hybridized carbons (Fsp3) is 1.00. The van der Waals surface area contributed by atoms with Gasteiger partial charge in [0.05, 0.1) is 6.61 Å². The van der Waals surface area contributed by atoms with Gasteiger partial charge in [-0.3, -0.25) is 0 Å². The van der Waals surface area contributed by atoms with E-state index in [-0.39, 0.29) is 18.4 Å². The molecule has 1 heterocycles. The quantitative estimate of drug-likeness (QED) is 0.726. The normalized spacial score (nSPS) is 35.4. The Labute approximate surface area is 116 Å². The van der Waals surface area contributed by atoms with E-state index in [1.165, 1.54) is 32.1 Å². The highest BCUT2D eigenvalue weighted by Crippen LogP contribution is 2.43. The fourth-order valence-corrected chi connectivity index (χ4v) is 4.04. The molecule has 4 nitrogen and oxygen atoms in total. The highest BCUT2D eigenvalue weighted by atomic mass is 16.7. The zero-order valence-electron chi connectivity index (χ0n) is 12.4. The molecule has 0 amide bonds. The average molecular weight is 271 g/mol. The second kappa shape index (κ2) is 7.02. The summed E-state index contributed by atoms with van der Waals surface area (Å²) in [7, 11) is 3.42. The lowest BCUT2D eigenvalue weighted by Crippen LogP contribution is -2.51. The number of aliphatic hydroxyl groups excluding tert-OH is 1. The summed E-state index contributed by atoms with van der Waals surface area (Å²) in [6, 6.07) is 0.307. The monoisotopic (exact) mass is 271 g/mol. The van der Waals surface area contributed by atoms with Crippen LogP contribution in [0.4, 0.5) is 0 Å². The summed E-state index contributed by atoms with van der Waals surface area (Å²) in [5.74, 6) is 0.700. The van der Waals surface area contributed by atoms with Crippen molar-refractivity contribution in [3.8, 4) is 0 Å². The number of hydrogen-bond donors (Lipinski definition) is 2. The Morgan fingerprint density at radius 2 is 2.00 bits per heavy atom. The number of aliphatic hydroxyl groups is 1. The van der Waals surface area contributed by atoms with E-state index in [0.29, 0.717) is 12.0 Å². The molecule has 1 spiro atoms. The third kappa shape index (κ3) is 3.48. The zero-order valence-corrected chi connectivity index (χ0v) is 12.4. The van der Waals surface area contributed by atoms with Crippen molar-refractivity contribution in [2.75, 3.05) is 20.8 Å². The van der Waals surface area contributed by atoms with Crippen LogP contribution in [-0.2, 0) is 9.47 Å². The van der Waals surface area contributed by atoms with E-state index in [1.807, 2.05) is 0 Å². The van der Waals surface area contributed by atoms with E-state index in [2.05, 4.69) is 5.32 Å². The first-order chi connectivity index (χ1) is 9.24. The standard InChI is InChI=1S/C15H29NO3/c1-18-14(19-2)7-6-12-5-3-4-9-15(12)10-8-13(11-17)16-15/h12-14,16-17H,3-11H2,1-2H3/t12-,13-,15-/m0/s1. The van der Waals surface area contributed by atoms with Gasteiger partial charge in [0.2, 0.25) is 0 Å². The third-order valence-corrected chi connectivity index (χ3v) is 5.13. The number of nitrogens with one attached hydrogen (secondary N) is 1. The Bertz CT molecular complexity index is 270. The summed E-state index contributed by atoms with van der Waals surface area (Å²) in [6.07, 6.45) is 9.58. The van der Waals surface area contributed by atoms with E-state index in [9.17, 15) is 5.11 Å². The van der Waals surface area contributed by atoms with Gasteiger partial charge in [-0.2, -0.15) is 0 Å². The van der Waals surface area contributed by atoms with Crippen molar-refractivity contribution in [2.24, 2.45) is 5.92 Å². The van der Waals surface area contributed by atoms with Crippen LogP contribution in [0.2, 0.25) is 0 Å². The maximum atomic E-state index is 9.36. The van der Waals surface area contributed by atoms with Gasteiger partial charge in [0.15, 0.2) is 6.29 Å². The minimum absolute atomic E-state index is 0.0750. The molecular weight excluding hydrogens is 242 g/mol. The smallest absolute Gasteiger partial charge is 0.156 e. The van der Waals surface area contributed by atoms with Crippen molar-refractivity contribution in [3.05, 3.63) is 0 Å². The van der Waals surface area contributed by atoms with Gasteiger partial charge < -0.3 is 19.9 Å². The van der Waals surface area contributed by atoms with Gasteiger partial charge in [-0.15, -0.1) is 0 Å². The summed E-state index contributed by atoms with van der Waals surface area (Å²) in [5.41, 5.74) is 0.275. The molecule has 2 N–H and O–H groups in total. The van der Waals surface area contributed by atoms with Crippen molar-refractivity contribution in [2.45, 2.75) is 69.2 Å². The van der Waals surface area contributed by atoms with Crippen LogP contribution in [0, 0.1) is 5.92 Å². The SMILES string of the molecule is COC(CC[C@@H]1CCCC[C@]12CC[C@@H](CO)N2)OC. The molecule has 0 aromatic carbocycles. The molecule has 2 aliphatic rings. The van der Waals surface area contributed by atoms with Gasteiger partial charge in [-0.05, 0) is 44.4 Å². The maximum absolute atomic E-state index is 9.36. The van der Waals surface area contributed by atoms with E-state index < -0.39 is 0 Å². The van der Waals surface area contributed by atoms with Gasteiger partial charge >= 0.3 is 0 Å². The first-order valence-electron chi connectivity index (χ1n) is 7.68. The summed E-state index contributed by atoms with van der Waals surface area (Å²) < 4.78 is 10.6. The molecular formula is C15H29NO3. The van der Waals surface area contributed by atoms with Crippen LogP contribution in [0.25, 0.3) is 0 Å². The number of rotatable bonds is 6. The number of hydrogen-bond acceptors (Lipinski definition) is 4. The molecule has 1 saturated carbocycles. The zero-order chi connectivity index (χ0) is 13.7. The lowest BCUT2D eigenvalue weighted by molar-refractivity contribution is -0.110. The lowest BCUT2D eigenvalue weighted by Gasteiger charge is -2.43. The Kier molecular flexibility index (Phi) is 5.63. The van der Waals surface area contributed by atoms with Crippen molar-refractivity contribution in [3.63, 3.8) is 0 Å². The predicted octanol–water partition coefficient (Wildman–Crippen LogP) is 2.06. The second-order valence-corrected chi connectivity index (χ2v) is 6.14. The van der Waals surface area contributed by atoms with Gasteiger partial charge in [0.25, 0.3) is 0 Å². The van der Waals surface area contributed by atoms with Crippen LogP contribution < -0.4 is 5.32 Å². The summed E-state index contributed by atoms with van der Waals surface area (Å²) >= 11 is 0. The maximum Gasteiger partial charge on any atom is 0.156 e. The van der Waals surface area contributed by atoms with Crippen molar-refractivity contribution in [1.82, 2.24) is 5.32 Å². The van der Waals surface area contributed by atoms with Crippen LogP contribution in [0.5, 0.6) is 0 Å². The predicted molar refractivity (Wildman–Crippen MR) is 75.0 cm³/mol. The first kappa shape index (κ1) is 15.2. The Balaban J connectivity index is 1.93. The Morgan fingerprint density at radius 1 is 1.21 bits per heavy atom. The van der Waals surface area contributed by atoms with Gasteiger partial charge in [-0.1, -0.05) is 12.8 Å². The summed E-state index contributed by atoms with van der Waals surface area (Å²) in [4.78, 5) is 0. The summed E-state index contributed by atoms with van der Waals surface area (Å²) in [6.45, 7) is 0.271. The molecule has 3 atom stereocenters. The molecule has 1 saturated heterocycles. The molecule has 0 aromatic heterocycles. The van der Waals surface area contributed by atoms with Gasteiger partial charge in [0.1, 0.15) is 0 Å². The van der Waals surface area contributed by atoms with Gasteiger partial charge in [-0.25, -0.2) is 0 Å². The number of ether oxygens (including phenoxy) is 2. The van der Waals surface area contributed by atoms with E-state index >= 15 is 0 Å². The summed E-state index contributed by atoms with van der Waals surface area (Å²) in [5, 5.41) is 13.1. The van der Waals surface area contributed by atoms with Crippen molar-refractivity contribution < 1.29 is 14.6 Å². The molecule has 19 heavy (non-hydrogen) atoms. The third-order valence-electron chi connectivity index (χ3n) is 5.13. The topological polar surface area (TPSA) is 50.7 Å². The molecule has 1 aliphatic heterocycles. The van der Waals surface area contributed by atoms with Crippen LogP contribution in [-0.4, -0.2) is 43.8 Å². The van der Waals surface area contributed by atoms with Crippen LogP contribution in [0.1, 0.15) is 51.4 Å². The lowest BCUT2D eigenvalue weighted by atomic mass is 9.70. The molecule has 2 rings (SSSR count). The van der Waals surface area contributed by atoms with E-state index in [0.717, 1.165) is 19.3 Å². The fourth-order valence-electron chi connectivity index (χ4n) is 4.04. The van der Waals surface area contributed by atoms with Gasteiger partial charge in [0, 0.05) is 25.8 Å². The molecule has 4 heteroatoms. The Morgan fingerprint density at radius 3 is 2.63 bits per heavy atom. The van der Waals surface area contributed by atoms with Crippen LogP contribution >= 0.6 is 0 Å². The average Bonchev–Trinajstić information content (AvgIpc) is 2.86. The minimum Gasteiger partial charge on any atom is -0.395 e. The molecule has 0 bridgehead atoms. The molecule has 2 fully saturated rings. The van der Waals surface area contributed by atoms with Crippen LogP contribution in [0.15, 0.2) is 0 Å². The van der Waals surface area contributed by atoms with E-state index in [4.69, 9.17) is 9.47 Å². The second-order valence-electron chi connectivity index (χ2n) is 6.14. The highest BCUT2D eigenvalue weighted by molar-refractivity contribution is 5.03. The molecule has 112 valence electrons.